The lowest BCUT2D eigenvalue weighted by atomic mass is 9.89. The summed E-state index contributed by atoms with van der Waals surface area (Å²) in [5, 5.41) is 10.1. The summed E-state index contributed by atoms with van der Waals surface area (Å²) in [6.45, 7) is 0.672. The van der Waals surface area contributed by atoms with Crippen molar-refractivity contribution in [3.63, 3.8) is 0 Å². The molecular formula is C19H19F2N3O. The number of imidazole rings is 1. The molecule has 0 unspecified atom stereocenters. The highest BCUT2D eigenvalue weighted by Crippen LogP contribution is 2.33. The summed E-state index contributed by atoms with van der Waals surface area (Å²) in [4.78, 5) is 8.37. The average molecular weight is 343 g/mol. The Labute approximate surface area is 144 Å². The van der Waals surface area contributed by atoms with E-state index in [4.69, 9.17) is 0 Å². The van der Waals surface area contributed by atoms with E-state index in [0.717, 1.165) is 18.9 Å². The Morgan fingerprint density at radius 2 is 1.88 bits per heavy atom. The van der Waals surface area contributed by atoms with Crippen molar-refractivity contribution in [2.75, 3.05) is 0 Å². The maximum absolute atomic E-state index is 13.8. The summed E-state index contributed by atoms with van der Waals surface area (Å²) in [7, 11) is 0. The molecule has 1 saturated carbocycles. The maximum atomic E-state index is 13.8. The molecule has 0 atom stereocenters. The molecule has 1 aromatic carbocycles. The summed E-state index contributed by atoms with van der Waals surface area (Å²) in [6.07, 6.45) is 7.34. The first-order valence-electron chi connectivity index (χ1n) is 8.63. The number of aromatic hydroxyl groups is 1. The summed E-state index contributed by atoms with van der Waals surface area (Å²) in [5.41, 5.74) is 1.39. The third-order valence-corrected chi connectivity index (χ3v) is 4.98. The van der Waals surface area contributed by atoms with Crippen molar-refractivity contribution in [2.24, 2.45) is 5.92 Å². The Kier molecular flexibility index (Phi) is 4.11. The number of hydrogen-bond donors (Lipinski definition) is 1. The second-order valence-corrected chi connectivity index (χ2v) is 6.68. The van der Waals surface area contributed by atoms with E-state index in [1.165, 1.54) is 31.5 Å². The number of pyridine rings is 1. The molecule has 1 aliphatic rings. The molecule has 1 fully saturated rings. The summed E-state index contributed by atoms with van der Waals surface area (Å²) >= 11 is 0. The first kappa shape index (κ1) is 16.0. The number of halogens is 2. The van der Waals surface area contributed by atoms with Crippen LogP contribution in [0.3, 0.4) is 0 Å². The Balaban J connectivity index is 1.88. The van der Waals surface area contributed by atoms with E-state index >= 15 is 0 Å². The lowest BCUT2D eigenvalue weighted by molar-refractivity contribution is 0.323. The van der Waals surface area contributed by atoms with Crippen molar-refractivity contribution in [1.29, 1.82) is 0 Å². The SMILES string of the molecule is Oc1ncccc1-c1nc2cc(F)c(F)cc2n1CC1CCCCC1. The number of hydrogen-bond acceptors (Lipinski definition) is 3. The fraction of sp³-hybridized carbons (Fsp3) is 0.368. The van der Waals surface area contributed by atoms with Crippen LogP contribution in [0.5, 0.6) is 5.88 Å². The Bertz CT molecular complexity index is 916. The van der Waals surface area contributed by atoms with Crippen molar-refractivity contribution >= 4 is 11.0 Å². The molecule has 4 rings (SSSR count). The molecule has 25 heavy (non-hydrogen) atoms. The fourth-order valence-electron chi connectivity index (χ4n) is 3.71. The molecule has 130 valence electrons. The number of aromatic nitrogens is 3. The van der Waals surface area contributed by atoms with E-state index in [1.807, 2.05) is 4.57 Å². The quantitative estimate of drug-likeness (QED) is 0.752. The van der Waals surface area contributed by atoms with Crippen LogP contribution in [0.2, 0.25) is 0 Å². The largest absolute Gasteiger partial charge is 0.493 e. The predicted octanol–water partition coefficient (Wildman–Crippen LogP) is 4.66. The van der Waals surface area contributed by atoms with Crippen molar-refractivity contribution in [3.05, 3.63) is 42.1 Å². The highest BCUT2D eigenvalue weighted by molar-refractivity contribution is 5.81. The Morgan fingerprint density at radius 1 is 1.12 bits per heavy atom. The minimum Gasteiger partial charge on any atom is -0.493 e. The molecule has 1 aliphatic carbocycles. The van der Waals surface area contributed by atoms with Gasteiger partial charge in [0, 0.05) is 24.9 Å². The standard InChI is InChI=1S/C19H19F2N3O/c20-14-9-16-17(10-15(14)21)24(11-12-5-2-1-3-6-12)18(23-16)13-7-4-8-22-19(13)25/h4,7-10,12H,1-3,5-6,11H2,(H,22,25). The highest BCUT2D eigenvalue weighted by atomic mass is 19.2. The summed E-state index contributed by atoms with van der Waals surface area (Å²) in [5.74, 6) is -0.979. The van der Waals surface area contributed by atoms with Gasteiger partial charge in [0.25, 0.3) is 0 Å². The fourth-order valence-corrected chi connectivity index (χ4v) is 3.71. The van der Waals surface area contributed by atoms with Gasteiger partial charge in [0.1, 0.15) is 5.82 Å². The van der Waals surface area contributed by atoms with Gasteiger partial charge in [0.05, 0.1) is 16.6 Å². The highest BCUT2D eigenvalue weighted by Gasteiger charge is 2.22. The second kappa shape index (κ2) is 6.43. The van der Waals surface area contributed by atoms with Crippen LogP contribution in [-0.4, -0.2) is 19.6 Å². The van der Waals surface area contributed by atoms with Gasteiger partial charge in [-0.1, -0.05) is 19.3 Å². The zero-order valence-corrected chi connectivity index (χ0v) is 13.8. The molecule has 0 spiro atoms. The smallest absolute Gasteiger partial charge is 0.222 e. The monoisotopic (exact) mass is 343 g/mol. The van der Waals surface area contributed by atoms with E-state index in [2.05, 4.69) is 9.97 Å². The van der Waals surface area contributed by atoms with Crippen LogP contribution < -0.4 is 0 Å². The molecule has 0 saturated heterocycles. The number of rotatable bonds is 3. The van der Waals surface area contributed by atoms with Crippen molar-refractivity contribution in [2.45, 2.75) is 38.6 Å². The van der Waals surface area contributed by atoms with E-state index in [9.17, 15) is 13.9 Å². The van der Waals surface area contributed by atoms with Gasteiger partial charge in [0.2, 0.25) is 5.88 Å². The van der Waals surface area contributed by atoms with Gasteiger partial charge >= 0.3 is 0 Å². The van der Waals surface area contributed by atoms with Gasteiger partial charge in [-0.05, 0) is 30.9 Å². The van der Waals surface area contributed by atoms with Gasteiger partial charge in [-0.2, -0.15) is 0 Å². The van der Waals surface area contributed by atoms with Gasteiger partial charge in [-0.25, -0.2) is 18.7 Å². The van der Waals surface area contributed by atoms with Gasteiger partial charge in [-0.15, -0.1) is 0 Å². The summed E-state index contributed by atoms with van der Waals surface area (Å²) < 4.78 is 29.4. The molecule has 4 nitrogen and oxygen atoms in total. The predicted molar refractivity (Wildman–Crippen MR) is 91.1 cm³/mol. The van der Waals surface area contributed by atoms with Crippen LogP contribution in [0.4, 0.5) is 8.78 Å². The molecule has 0 aliphatic heterocycles. The van der Waals surface area contributed by atoms with Crippen LogP contribution in [0, 0.1) is 17.6 Å². The first-order chi connectivity index (χ1) is 12.1. The molecule has 6 heteroatoms. The van der Waals surface area contributed by atoms with Crippen molar-refractivity contribution in [1.82, 2.24) is 14.5 Å². The maximum Gasteiger partial charge on any atom is 0.222 e. The topological polar surface area (TPSA) is 50.9 Å². The molecule has 3 aromatic rings. The Morgan fingerprint density at radius 3 is 2.64 bits per heavy atom. The van der Waals surface area contributed by atoms with Gasteiger partial charge in [-0.3, -0.25) is 0 Å². The van der Waals surface area contributed by atoms with Crippen molar-refractivity contribution < 1.29 is 13.9 Å². The normalized spacial score (nSPS) is 15.8. The molecule has 1 N–H and O–H groups in total. The van der Waals surface area contributed by atoms with Crippen LogP contribution in [0.25, 0.3) is 22.4 Å². The molecule has 0 amide bonds. The molecule has 2 heterocycles. The second-order valence-electron chi connectivity index (χ2n) is 6.68. The zero-order chi connectivity index (χ0) is 17.4. The Hall–Kier alpha value is -2.50. The van der Waals surface area contributed by atoms with E-state index < -0.39 is 11.6 Å². The van der Waals surface area contributed by atoms with Crippen LogP contribution in [0.15, 0.2) is 30.5 Å². The van der Waals surface area contributed by atoms with Crippen molar-refractivity contribution in [3.8, 4) is 17.3 Å². The zero-order valence-electron chi connectivity index (χ0n) is 13.8. The molecular weight excluding hydrogens is 324 g/mol. The third-order valence-electron chi connectivity index (χ3n) is 4.98. The minimum atomic E-state index is -0.920. The molecule has 0 radical (unpaired) electrons. The van der Waals surface area contributed by atoms with E-state index in [1.54, 1.807) is 12.1 Å². The van der Waals surface area contributed by atoms with Gasteiger partial charge < -0.3 is 9.67 Å². The molecule has 0 bridgehead atoms. The first-order valence-corrected chi connectivity index (χ1v) is 8.63. The van der Waals surface area contributed by atoms with Crippen LogP contribution in [-0.2, 0) is 6.54 Å². The van der Waals surface area contributed by atoms with Crippen LogP contribution >= 0.6 is 0 Å². The number of fused-ring (bicyclic) bond motifs is 1. The number of nitrogens with zero attached hydrogens (tertiary/aromatic N) is 3. The third kappa shape index (κ3) is 2.97. The average Bonchev–Trinajstić information content (AvgIpc) is 2.94. The number of benzene rings is 1. The van der Waals surface area contributed by atoms with E-state index in [0.29, 0.717) is 34.9 Å². The summed E-state index contributed by atoms with van der Waals surface area (Å²) in [6, 6.07) is 5.73. The lowest BCUT2D eigenvalue weighted by Gasteiger charge is -2.23. The van der Waals surface area contributed by atoms with E-state index in [-0.39, 0.29) is 5.88 Å². The minimum absolute atomic E-state index is 0.136. The van der Waals surface area contributed by atoms with Crippen LogP contribution in [0.1, 0.15) is 32.1 Å². The lowest BCUT2D eigenvalue weighted by Crippen LogP contribution is -2.15. The molecule has 2 aromatic heterocycles. The van der Waals surface area contributed by atoms with Gasteiger partial charge in [0.15, 0.2) is 11.6 Å².